The summed E-state index contributed by atoms with van der Waals surface area (Å²) in [6.45, 7) is 8.06. The van der Waals surface area contributed by atoms with Crippen LogP contribution in [0, 0.1) is 12.8 Å². The van der Waals surface area contributed by atoms with E-state index in [1.807, 2.05) is 4.90 Å². The first kappa shape index (κ1) is 15.4. The van der Waals surface area contributed by atoms with Gasteiger partial charge >= 0.3 is 0 Å². The summed E-state index contributed by atoms with van der Waals surface area (Å²) in [4.78, 5) is 16.7. The molecular formula is C15H24N4O3. The normalized spacial score (nSPS) is 24.6. The highest BCUT2D eigenvalue weighted by atomic mass is 16.5. The van der Waals surface area contributed by atoms with Gasteiger partial charge in [0.15, 0.2) is 0 Å². The third-order valence-corrected chi connectivity index (χ3v) is 4.51. The molecule has 1 aromatic heterocycles. The van der Waals surface area contributed by atoms with E-state index in [9.17, 15) is 4.79 Å². The lowest BCUT2D eigenvalue weighted by Crippen LogP contribution is -2.48. The van der Waals surface area contributed by atoms with Crippen molar-refractivity contribution in [2.24, 2.45) is 5.92 Å². The Balaban J connectivity index is 1.64. The standard InChI is InChI=1S/C15H24N4O3/c1-11-3-5-18(6-4-11)9-14(20)19-7-8-21-10-13(19)15-17-16-12(2)22-15/h11,13H,3-10H2,1-2H3. The molecule has 2 fully saturated rings. The van der Waals surface area contributed by atoms with E-state index in [-0.39, 0.29) is 11.9 Å². The van der Waals surface area contributed by atoms with Crippen LogP contribution in [-0.2, 0) is 9.53 Å². The molecule has 0 aromatic carbocycles. The Hall–Kier alpha value is -1.47. The lowest BCUT2D eigenvalue weighted by atomic mass is 9.99. The average Bonchev–Trinajstić information content (AvgIpc) is 2.96. The number of morpholine rings is 1. The Labute approximate surface area is 130 Å². The largest absolute Gasteiger partial charge is 0.423 e. The number of nitrogens with zero attached hydrogens (tertiary/aromatic N) is 4. The minimum Gasteiger partial charge on any atom is -0.423 e. The molecule has 1 unspecified atom stereocenters. The van der Waals surface area contributed by atoms with E-state index in [1.165, 1.54) is 12.8 Å². The smallest absolute Gasteiger partial charge is 0.241 e. The molecule has 0 aliphatic carbocycles. The van der Waals surface area contributed by atoms with Crippen LogP contribution in [0.15, 0.2) is 4.42 Å². The van der Waals surface area contributed by atoms with E-state index < -0.39 is 0 Å². The monoisotopic (exact) mass is 308 g/mol. The van der Waals surface area contributed by atoms with Crippen LogP contribution < -0.4 is 0 Å². The number of carbonyl (C=O) groups is 1. The third kappa shape index (κ3) is 3.47. The summed E-state index contributed by atoms with van der Waals surface area (Å²) in [5.74, 6) is 1.87. The fourth-order valence-electron chi connectivity index (χ4n) is 3.06. The maximum absolute atomic E-state index is 12.7. The van der Waals surface area contributed by atoms with Gasteiger partial charge in [0, 0.05) is 13.5 Å². The lowest BCUT2D eigenvalue weighted by molar-refractivity contribution is -0.142. The Morgan fingerprint density at radius 1 is 1.27 bits per heavy atom. The van der Waals surface area contributed by atoms with Crippen LogP contribution in [0.5, 0.6) is 0 Å². The summed E-state index contributed by atoms with van der Waals surface area (Å²) >= 11 is 0. The van der Waals surface area contributed by atoms with Crippen LogP contribution in [0.1, 0.15) is 37.6 Å². The second-order valence-electron chi connectivity index (χ2n) is 6.30. The van der Waals surface area contributed by atoms with Gasteiger partial charge in [-0.3, -0.25) is 9.69 Å². The molecule has 1 atom stereocenters. The Kier molecular flexibility index (Phi) is 4.73. The second-order valence-corrected chi connectivity index (χ2v) is 6.30. The van der Waals surface area contributed by atoms with Gasteiger partial charge in [-0.2, -0.15) is 0 Å². The maximum atomic E-state index is 12.7. The highest BCUT2D eigenvalue weighted by Gasteiger charge is 2.33. The molecule has 3 rings (SSSR count). The highest BCUT2D eigenvalue weighted by molar-refractivity contribution is 5.78. The van der Waals surface area contributed by atoms with Crippen molar-refractivity contribution in [1.29, 1.82) is 0 Å². The van der Waals surface area contributed by atoms with Gasteiger partial charge in [0.2, 0.25) is 17.7 Å². The predicted molar refractivity (Wildman–Crippen MR) is 79.1 cm³/mol. The summed E-state index contributed by atoms with van der Waals surface area (Å²) in [5.41, 5.74) is 0. The average molecular weight is 308 g/mol. The van der Waals surface area contributed by atoms with Crippen LogP contribution in [0.4, 0.5) is 0 Å². The number of amides is 1. The zero-order valence-electron chi connectivity index (χ0n) is 13.3. The summed E-state index contributed by atoms with van der Waals surface area (Å²) in [6.07, 6.45) is 2.34. The molecule has 7 heteroatoms. The molecule has 0 N–H and O–H groups in total. The Morgan fingerprint density at radius 2 is 2.05 bits per heavy atom. The third-order valence-electron chi connectivity index (χ3n) is 4.51. The highest BCUT2D eigenvalue weighted by Crippen LogP contribution is 2.24. The van der Waals surface area contributed by atoms with Crippen molar-refractivity contribution in [3.8, 4) is 0 Å². The molecule has 1 amide bonds. The molecule has 22 heavy (non-hydrogen) atoms. The molecule has 3 heterocycles. The van der Waals surface area contributed by atoms with E-state index in [0.29, 0.717) is 38.1 Å². The molecule has 122 valence electrons. The maximum Gasteiger partial charge on any atom is 0.241 e. The van der Waals surface area contributed by atoms with E-state index in [2.05, 4.69) is 22.0 Å². The topological polar surface area (TPSA) is 71.7 Å². The first-order chi connectivity index (χ1) is 10.6. The number of piperidine rings is 1. The van der Waals surface area contributed by atoms with E-state index >= 15 is 0 Å². The lowest BCUT2D eigenvalue weighted by Gasteiger charge is -2.36. The molecule has 0 bridgehead atoms. The van der Waals surface area contributed by atoms with Crippen molar-refractivity contribution >= 4 is 5.91 Å². The first-order valence-corrected chi connectivity index (χ1v) is 8.03. The van der Waals surface area contributed by atoms with Gasteiger partial charge in [0.25, 0.3) is 0 Å². The van der Waals surface area contributed by atoms with Crippen LogP contribution >= 0.6 is 0 Å². The number of ether oxygens (including phenoxy) is 1. The zero-order valence-corrected chi connectivity index (χ0v) is 13.3. The van der Waals surface area contributed by atoms with Gasteiger partial charge in [0.1, 0.15) is 6.04 Å². The van der Waals surface area contributed by atoms with E-state index in [4.69, 9.17) is 9.15 Å². The molecule has 2 saturated heterocycles. The molecule has 0 saturated carbocycles. The molecule has 7 nitrogen and oxygen atoms in total. The van der Waals surface area contributed by atoms with Crippen molar-refractivity contribution in [1.82, 2.24) is 20.0 Å². The summed E-state index contributed by atoms with van der Waals surface area (Å²) in [7, 11) is 0. The van der Waals surface area contributed by atoms with Crippen molar-refractivity contribution in [2.45, 2.75) is 32.7 Å². The van der Waals surface area contributed by atoms with Crippen molar-refractivity contribution < 1.29 is 13.9 Å². The number of aryl methyl sites for hydroxylation is 1. The molecule has 2 aliphatic rings. The quantitative estimate of drug-likeness (QED) is 0.830. The number of rotatable bonds is 3. The van der Waals surface area contributed by atoms with Gasteiger partial charge in [-0.25, -0.2) is 0 Å². The predicted octanol–water partition coefficient (Wildman–Crippen LogP) is 1.01. The van der Waals surface area contributed by atoms with Crippen LogP contribution in [0.2, 0.25) is 0 Å². The van der Waals surface area contributed by atoms with Crippen molar-refractivity contribution in [2.75, 3.05) is 39.4 Å². The van der Waals surface area contributed by atoms with Gasteiger partial charge < -0.3 is 14.1 Å². The summed E-state index contributed by atoms with van der Waals surface area (Å²) in [6, 6.07) is -0.258. The molecule has 1 aromatic rings. The van der Waals surface area contributed by atoms with Crippen molar-refractivity contribution in [3.63, 3.8) is 0 Å². The van der Waals surface area contributed by atoms with Gasteiger partial charge in [-0.15, -0.1) is 10.2 Å². The number of aromatic nitrogens is 2. The fourth-order valence-corrected chi connectivity index (χ4v) is 3.06. The van der Waals surface area contributed by atoms with Gasteiger partial charge in [-0.1, -0.05) is 6.92 Å². The molecular weight excluding hydrogens is 284 g/mol. The fraction of sp³-hybridized carbons (Fsp3) is 0.800. The van der Waals surface area contributed by atoms with Gasteiger partial charge in [0.05, 0.1) is 19.8 Å². The summed E-state index contributed by atoms with van der Waals surface area (Å²) < 4.78 is 11.0. The number of carbonyl (C=O) groups excluding carboxylic acids is 1. The van der Waals surface area contributed by atoms with Crippen LogP contribution in [0.3, 0.4) is 0 Å². The Bertz CT molecular complexity index is 511. The number of likely N-dealkylation sites (tertiary alicyclic amines) is 1. The van der Waals surface area contributed by atoms with E-state index in [0.717, 1.165) is 19.0 Å². The minimum atomic E-state index is -0.258. The van der Waals surface area contributed by atoms with E-state index in [1.54, 1.807) is 6.92 Å². The molecule has 0 spiro atoms. The SMILES string of the molecule is Cc1nnc(C2COCCN2C(=O)CN2CCC(C)CC2)o1. The first-order valence-electron chi connectivity index (χ1n) is 8.03. The number of hydrogen-bond donors (Lipinski definition) is 0. The summed E-state index contributed by atoms with van der Waals surface area (Å²) in [5, 5.41) is 7.91. The second kappa shape index (κ2) is 6.75. The molecule has 2 aliphatic heterocycles. The van der Waals surface area contributed by atoms with Gasteiger partial charge in [-0.05, 0) is 31.8 Å². The molecule has 0 radical (unpaired) electrons. The zero-order chi connectivity index (χ0) is 15.5. The van der Waals surface area contributed by atoms with Crippen LogP contribution in [0.25, 0.3) is 0 Å². The van der Waals surface area contributed by atoms with Crippen molar-refractivity contribution in [3.05, 3.63) is 11.8 Å². The van der Waals surface area contributed by atoms with Crippen LogP contribution in [-0.4, -0.2) is 65.3 Å². The Morgan fingerprint density at radius 3 is 2.73 bits per heavy atom. The number of hydrogen-bond acceptors (Lipinski definition) is 6. The minimum absolute atomic E-state index is 0.124.